The number of rotatable bonds is 2. The molecule has 0 aromatic carbocycles. The molecule has 1 aliphatic rings. The molecule has 0 amide bonds. The van der Waals surface area contributed by atoms with Crippen LogP contribution in [0.1, 0.15) is 25.7 Å². The second-order valence-electron chi connectivity index (χ2n) is 3.23. The number of carbonyl (C=O) groups is 2. The predicted molar refractivity (Wildman–Crippen MR) is 47.9 cm³/mol. The number of carboxylic acid groups (broad SMARTS) is 2. The summed E-state index contributed by atoms with van der Waals surface area (Å²) < 4.78 is 0. The van der Waals surface area contributed by atoms with Crippen LogP contribution in [0, 0.1) is 11.8 Å². The Balaban J connectivity index is 0.00000144. The standard InChI is InChI=1S/C8H12O4.Na.H/c9-7(10)5-1-2-6(4-3-5)8(11)12;;/h5-6H,1-4H2,(H,9,10)(H,11,12);;. The molecular weight excluding hydrogens is 183 g/mol. The first-order chi connectivity index (χ1) is 5.61. The van der Waals surface area contributed by atoms with Crippen molar-refractivity contribution >= 4 is 41.5 Å². The molecule has 1 fully saturated rings. The quantitative estimate of drug-likeness (QED) is 0.623. The molecule has 1 aliphatic carbocycles. The summed E-state index contributed by atoms with van der Waals surface area (Å²) in [6.07, 6.45) is 2.03. The van der Waals surface area contributed by atoms with Crippen LogP contribution in [0.5, 0.6) is 0 Å². The van der Waals surface area contributed by atoms with E-state index >= 15 is 0 Å². The van der Waals surface area contributed by atoms with Crippen LogP contribution in [0.4, 0.5) is 0 Å². The number of aliphatic carboxylic acids is 2. The van der Waals surface area contributed by atoms with Crippen LogP contribution in [0.3, 0.4) is 0 Å². The zero-order chi connectivity index (χ0) is 9.14. The molecule has 0 unspecified atom stereocenters. The van der Waals surface area contributed by atoms with E-state index in [1.807, 2.05) is 0 Å². The first-order valence-electron chi connectivity index (χ1n) is 4.07. The van der Waals surface area contributed by atoms with Crippen LogP contribution < -0.4 is 0 Å². The van der Waals surface area contributed by atoms with Crippen molar-refractivity contribution in [1.29, 1.82) is 0 Å². The maximum absolute atomic E-state index is 10.5. The Hall–Kier alpha value is -0.0600. The van der Waals surface area contributed by atoms with Crippen LogP contribution >= 0.6 is 0 Å². The van der Waals surface area contributed by atoms with Gasteiger partial charge in [0.15, 0.2) is 0 Å². The van der Waals surface area contributed by atoms with Crippen LogP contribution in [0.25, 0.3) is 0 Å². The van der Waals surface area contributed by atoms with Crippen LogP contribution in [-0.4, -0.2) is 51.7 Å². The third kappa shape index (κ3) is 3.67. The van der Waals surface area contributed by atoms with Crippen molar-refractivity contribution < 1.29 is 19.8 Å². The van der Waals surface area contributed by atoms with Gasteiger partial charge in [0.05, 0.1) is 11.8 Å². The summed E-state index contributed by atoms with van der Waals surface area (Å²) in [5, 5.41) is 17.2. The van der Waals surface area contributed by atoms with E-state index in [2.05, 4.69) is 0 Å². The molecule has 0 spiro atoms. The van der Waals surface area contributed by atoms with Gasteiger partial charge in [0.2, 0.25) is 0 Å². The molecular formula is C8H13NaO4. The topological polar surface area (TPSA) is 74.6 Å². The van der Waals surface area contributed by atoms with E-state index in [-0.39, 0.29) is 41.4 Å². The molecule has 0 aromatic rings. The van der Waals surface area contributed by atoms with Crippen molar-refractivity contribution in [3.63, 3.8) is 0 Å². The Morgan fingerprint density at radius 2 is 1.08 bits per heavy atom. The summed E-state index contributed by atoms with van der Waals surface area (Å²) >= 11 is 0. The SMILES string of the molecule is O=C(O)C1CCC(C(=O)O)CC1.[NaH]. The molecule has 0 aliphatic heterocycles. The minimum absolute atomic E-state index is 0. The van der Waals surface area contributed by atoms with Gasteiger partial charge in [0.25, 0.3) is 0 Å². The molecule has 5 heteroatoms. The van der Waals surface area contributed by atoms with E-state index in [1.165, 1.54) is 0 Å². The van der Waals surface area contributed by atoms with Crippen molar-refractivity contribution in [2.24, 2.45) is 11.8 Å². The third-order valence-corrected chi connectivity index (χ3v) is 2.43. The van der Waals surface area contributed by atoms with E-state index in [0.29, 0.717) is 25.7 Å². The zero-order valence-electron chi connectivity index (χ0n) is 6.69. The molecule has 0 aromatic heterocycles. The van der Waals surface area contributed by atoms with E-state index in [1.54, 1.807) is 0 Å². The van der Waals surface area contributed by atoms with Gasteiger partial charge in [-0.05, 0) is 25.7 Å². The normalized spacial score (nSPS) is 27.4. The summed E-state index contributed by atoms with van der Waals surface area (Å²) in [5.41, 5.74) is 0. The van der Waals surface area contributed by atoms with E-state index < -0.39 is 11.9 Å². The van der Waals surface area contributed by atoms with Crippen molar-refractivity contribution in [3.8, 4) is 0 Å². The summed E-state index contributed by atoms with van der Waals surface area (Å²) in [4.78, 5) is 21.0. The molecule has 0 heterocycles. The van der Waals surface area contributed by atoms with Gasteiger partial charge in [0.1, 0.15) is 0 Å². The fourth-order valence-corrected chi connectivity index (χ4v) is 1.59. The zero-order valence-corrected chi connectivity index (χ0v) is 6.69. The average Bonchev–Trinajstić information content (AvgIpc) is 2.04. The van der Waals surface area contributed by atoms with Crippen molar-refractivity contribution in [2.75, 3.05) is 0 Å². The van der Waals surface area contributed by atoms with Crippen molar-refractivity contribution in [3.05, 3.63) is 0 Å². The molecule has 70 valence electrons. The third-order valence-electron chi connectivity index (χ3n) is 2.43. The van der Waals surface area contributed by atoms with Gasteiger partial charge >= 0.3 is 41.5 Å². The van der Waals surface area contributed by atoms with E-state index in [4.69, 9.17) is 10.2 Å². The number of hydrogen-bond donors (Lipinski definition) is 2. The molecule has 4 nitrogen and oxygen atoms in total. The van der Waals surface area contributed by atoms with E-state index in [9.17, 15) is 9.59 Å². The minimum atomic E-state index is -0.793. The van der Waals surface area contributed by atoms with Crippen LogP contribution in [0.15, 0.2) is 0 Å². The molecule has 1 saturated carbocycles. The van der Waals surface area contributed by atoms with Gasteiger partial charge in [-0.2, -0.15) is 0 Å². The molecule has 2 N–H and O–H groups in total. The second kappa shape index (κ2) is 5.62. The van der Waals surface area contributed by atoms with Gasteiger partial charge in [-0.1, -0.05) is 0 Å². The summed E-state index contributed by atoms with van der Waals surface area (Å²) in [6.45, 7) is 0. The molecule has 0 atom stereocenters. The number of hydrogen-bond acceptors (Lipinski definition) is 2. The summed E-state index contributed by atoms with van der Waals surface area (Å²) in [6, 6.07) is 0. The Morgan fingerprint density at radius 3 is 1.23 bits per heavy atom. The van der Waals surface area contributed by atoms with Gasteiger partial charge < -0.3 is 10.2 Å². The monoisotopic (exact) mass is 196 g/mol. The summed E-state index contributed by atoms with van der Waals surface area (Å²) in [7, 11) is 0. The van der Waals surface area contributed by atoms with Crippen molar-refractivity contribution in [2.45, 2.75) is 25.7 Å². The number of carboxylic acids is 2. The van der Waals surface area contributed by atoms with Gasteiger partial charge in [-0.25, -0.2) is 0 Å². The van der Waals surface area contributed by atoms with Crippen LogP contribution in [-0.2, 0) is 9.59 Å². The van der Waals surface area contributed by atoms with Gasteiger partial charge in [-0.3, -0.25) is 9.59 Å². The summed E-state index contributed by atoms with van der Waals surface area (Å²) in [5.74, 6) is -2.22. The molecule has 0 bridgehead atoms. The van der Waals surface area contributed by atoms with E-state index in [0.717, 1.165) is 0 Å². The first-order valence-corrected chi connectivity index (χ1v) is 4.07. The molecule has 13 heavy (non-hydrogen) atoms. The fraction of sp³-hybridized carbons (Fsp3) is 0.750. The fourth-order valence-electron chi connectivity index (χ4n) is 1.59. The van der Waals surface area contributed by atoms with Gasteiger partial charge in [-0.15, -0.1) is 0 Å². The Morgan fingerprint density at radius 1 is 0.846 bits per heavy atom. The maximum atomic E-state index is 10.5. The predicted octanol–water partition coefficient (Wildman–Crippen LogP) is 0.313. The second-order valence-corrected chi connectivity index (χ2v) is 3.23. The Labute approximate surface area is 98.6 Å². The van der Waals surface area contributed by atoms with Crippen molar-refractivity contribution in [1.82, 2.24) is 0 Å². The Bertz CT molecular complexity index is 174. The molecule has 0 radical (unpaired) electrons. The van der Waals surface area contributed by atoms with Crippen LogP contribution in [0.2, 0.25) is 0 Å². The Kier molecular flexibility index (Phi) is 5.60. The average molecular weight is 196 g/mol. The molecule has 1 rings (SSSR count). The van der Waals surface area contributed by atoms with Gasteiger partial charge in [0, 0.05) is 0 Å². The molecule has 0 saturated heterocycles. The first kappa shape index (κ1) is 12.9.